The quantitative estimate of drug-likeness (QED) is 0.616. The van der Waals surface area contributed by atoms with Crippen molar-refractivity contribution in [3.63, 3.8) is 0 Å². The Bertz CT molecular complexity index is 126. The number of aldehydes is 1. The first-order valence-corrected chi connectivity index (χ1v) is 5.50. The van der Waals surface area contributed by atoms with Crippen LogP contribution in [0.5, 0.6) is 0 Å². The molecule has 0 radical (unpaired) electrons. The summed E-state index contributed by atoms with van der Waals surface area (Å²) in [6, 6.07) is 0. The van der Waals surface area contributed by atoms with E-state index < -0.39 is 0 Å². The fraction of sp³-hybridized carbons (Fsp3) is 0.900. The summed E-state index contributed by atoms with van der Waals surface area (Å²) in [6.45, 7) is 8.62. The smallest absolute Gasteiger partial charge is 0.132 e. The van der Waals surface area contributed by atoms with E-state index in [1.807, 2.05) is 0 Å². The van der Waals surface area contributed by atoms with Gasteiger partial charge in [-0.05, 0) is 6.42 Å². The van der Waals surface area contributed by atoms with Gasteiger partial charge in [0.05, 0.1) is 5.25 Å². The minimum atomic E-state index is 0.199. The van der Waals surface area contributed by atoms with Crippen molar-refractivity contribution < 1.29 is 4.79 Å². The number of hydrogen-bond donors (Lipinski definition) is 0. The molecule has 0 heterocycles. The Kier molecular flexibility index (Phi) is 5.64. The average molecular weight is 188 g/mol. The van der Waals surface area contributed by atoms with Gasteiger partial charge >= 0.3 is 0 Å². The van der Waals surface area contributed by atoms with Crippen LogP contribution in [-0.2, 0) is 4.79 Å². The SMILES string of the molecule is CCCCC(C=O)SC(C)(C)C. The van der Waals surface area contributed by atoms with Crippen LogP contribution in [-0.4, -0.2) is 16.3 Å². The van der Waals surface area contributed by atoms with Gasteiger partial charge < -0.3 is 4.79 Å². The molecule has 0 aromatic rings. The molecule has 0 rings (SSSR count). The van der Waals surface area contributed by atoms with E-state index in [2.05, 4.69) is 27.7 Å². The van der Waals surface area contributed by atoms with Gasteiger partial charge in [0.2, 0.25) is 0 Å². The topological polar surface area (TPSA) is 17.1 Å². The van der Waals surface area contributed by atoms with Gasteiger partial charge in [0.15, 0.2) is 0 Å². The van der Waals surface area contributed by atoms with E-state index >= 15 is 0 Å². The molecule has 0 aliphatic rings. The maximum absolute atomic E-state index is 10.7. The molecule has 0 saturated carbocycles. The molecule has 0 aliphatic heterocycles. The summed E-state index contributed by atoms with van der Waals surface area (Å²) in [6.07, 6.45) is 4.45. The Morgan fingerprint density at radius 3 is 2.33 bits per heavy atom. The van der Waals surface area contributed by atoms with Gasteiger partial charge in [-0.2, -0.15) is 0 Å². The molecule has 0 aliphatic carbocycles. The van der Waals surface area contributed by atoms with Crippen LogP contribution in [0.2, 0.25) is 0 Å². The van der Waals surface area contributed by atoms with Crippen molar-refractivity contribution in [2.45, 2.75) is 57.0 Å². The number of thioether (sulfide) groups is 1. The highest BCUT2D eigenvalue weighted by Gasteiger charge is 2.17. The summed E-state index contributed by atoms with van der Waals surface area (Å²) >= 11 is 1.77. The van der Waals surface area contributed by atoms with Crippen molar-refractivity contribution >= 4 is 18.0 Å². The predicted molar refractivity (Wildman–Crippen MR) is 56.7 cm³/mol. The largest absolute Gasteiger partial charge is 0.302 e. The van der Waals surface area contributed by atoms with Crippen LogP contribution in [0, 0.1) is 0 Å². The third-order valence-electron chi connectivity index (χ3n) is 1.50. The Morgan fingerprint density at radius 2 is 2.00 bits per heavy atom. The monoisotopic (exact) mass is 188 g/mol. The molecular weight excluding hydrogens is 168 g/mol. The Balaban J connectivity index is 3.75. The lowest BCUT2D eigenvalue weighted by Gasteiger charge is -2.21. The molecule has 0 bridgehead atoms. The van der Waals surface area contributed by atoms with Crippen LogP contribution in [0.25, 0.3) is 0 Å². The van der Waals surface area contributed by atoms with E-state index in [1.165, 1.54) is 6.42 Å². The van der Waals surface area contributed by atoms with Gasteiger partial charge in [-0.25, -0.2) is 0 Å². The summed E-state index contributed by atoms with van der Waals surface area (Å²) in [5.41, 5.74) is 0. The first-order chi connectivity index (χ1) is 5.49. The number of rotatable bonds is 5. The molecule has 0 saturated heterocycles. The molecule has 1 nitrogen and oxygen atoms in total. The lowest BCUT2D eigenvalue weighted by atomic mass is 10.2. The molecule has 0 spiro atoms. The zero-order valence-corrected chi connectivity index (χ0v) is 9.41. The minimum Gasteiger partial charge on any atom is -0.302 e. The third kappa shape index (κ3) is 6.71. The van der Waals surface area contributed by atoms with Crippen LogP contribution >= 0.6 is 11.8 Å². The Hall–Kier alpha value is 0.0200. The van der Waals surface area contributed by atoms with Crippen LogP contribution in [0.15, 0.2) is 0 Å². The molecule has 12 heavy (non-hydrogen) atoms. The molecule has 1 unspecified atom stereocenters. The summed E-state index contributed by atoms with van der Waals surface area (Å²) in [5, 5.41) is 0.199. The van der Waals surface area contributed by atoms with Crippen molar-refractivity contribution in [1.82, 2.24) is 0 Å². The van der Waals surface area contributed by atoms with E-state index in [9.17, 15) is 4.79 Å². The molecule has 2 heteroatoms. The highest BCUT2D eigenvalue weighted by molar-refractivity contribution is 8.01. The Labute approximate surface area is 80.3 Å². The number of unbranched alkanes of at least 4 members (excludes halogenated alkanes) is 1. The molecule has 1 atom stereocenters. The van der Waals surface area contributed by atoms with Crippen molar-refractivity contribution in [3.8, 4) is 0 Å². The first kappa shape index (κ1) is 12.0. The van der Waals surface area contributed by atoms with Gasteiger partial charge in [0.1, 0.15) is 6.29 Å². The van der Waals surface area contributed by atoms with Crippen molar-refractivity contribution in [1.29, 1.82) is 0 Å². The van der Waals surface area contributed by atoms with Gasteiger partial charge in [-0.15, -0.1) is 11.8 Å². The molecule has 0 N–H and O–H groups in total. The van der Waals surface area contributed by atoms with Gasteiger partial charge in [0, 0.05) is 4.75 Å². The van der Waals surface area contributed by atoms with Gasteiger partial charge in [-0.3, -0.25) is 0 Å². The second-order valence-electron chi connectivity index (χ2n) is 4.05. The summed E-state index contributed by atoms with van der Waals surface area (Å²) in [7, 11) is 0. The molecule has 72 valence electrons. The summed E-state index contributed by atoms with van der Waals surface area (Å²) in [4.78, 5) is 10.7. The van der Waals surface area contributed by atoms with Crippen molar-refractivity contribution in [2.24, 2.45) is 0 Å². The number of hydrogen-bond acceptors (Lipinski definition) is 2. The zero-order chi connectivity index (χ0) is 9.61. The maximum atomic E-state index is 10.7. The lowest BCUT2D eigenvalue weighted by molar-refractivity contribution is -0.107. The van der Waals surface area contributed by atoms with Crippen LogP contribution in [0.4, 0.5) is 0 Å². The summed E-state index contributed by atoms with van der Waals surface area (Å²) in [5.74, 6) is 0. The molecular formula is C10H20OS. The third-order valence-corrected chi connectivity index (χ3v) is 2.86. The predicted octanol–water partition coefficient (Wildman–Crippen LogP) is 3.28. The average Bonchev–Trinajstić information content (AvgIpc) is 1.95. The highest BCUT2D eigenvalue weighted by Crippen LogP contribution is 2.29. The summed E-state index contributed by atoms with van der Waals surface area (Å²) < 4.78 is 0.208. The van der Waals surface area contributed by atoms with Gasteiger partial charge in [-0.1, -0.05) is 40.5 Å². The van der Waals surface area contributed by atoms with Crippen molar-refractivity contribution in [3.05, 3.63) is 0 Å². The fourth-order valence-corrected chi connectivity index (χ4v) is 2.26. The van der Waals surface area contributed by atoms with E-state index in [0.717, 1.165) is 19.1 Å². The molecule has 0 fully saturated rings. The van der Waals surface area contributed by atoms with E-state index in [4.69, 9.17) is 0 Å². The normalized spacial score (nSPS) is 14.3. The van der Waals surface area contributed by atoms with Crippen LogP contribution < -0.4 is 0 Å². The van der Waals surface area contributed by atoms with E-state index in [1.54, 1.807) is 11.8 Å². The molecule has 0 amide bonds. The minimum absolute atomic E-state index is 0.199. The Morgan fingerprint density at radius 1 is 1.42 bits per heavy atom. The van der Waals surface area contributed by atoms with Gasteiger partial charge in [0.25, 0.3) is 0 Å². The van der Waals surface area contributed by atoms with Crippen molar-refractivity contribution in [2.75, 3.05) is 0 Å². The van der Waals surface area contributed by atoms with E-state index in [-0.39, 0.29) is 10.00 Å². The fourth-order valence-electron chi connectivity index (χ4n) is 1.01. The lowest BCUT2D eigenvalue weighted by Crippen LogP contribution is -2.16. The molecule has 0 aromatic heterocycles. The maximum Gasteiger partial charge on any atom is 0.132 e. The zero-order valence-electron chi connectivity index (χ0n) is 8.59. The van der Waals surface area contributed by atoms with Crippen LogP contribution in [0.1, 0.15) is 47.0 Å². The number of carbonyl (C=O) groups excluding carboxylic acids is 1. The van der Waals surface area contributed by atoms with E-state index in [0.29, 0.717) is 0 Å². The highest BCUT2D eigenvalue weighted by atomic mass is 32.2. The van der Waals surface area contributed by atoms with Crippen LogP contribution in [0.3, 0.4) is 0 Å². The second-order valence-corrected chi connectivity index (χ2v) is 6.11. The standard InChI is InChI=1S/C10H20OS/c1-5-6-7-9(8-11)12-10(2,3)4/h8-9H,5-7H2,1-4H3. The number of carbonyl (C=O) groups is 1. The molecule has 0 aromatic carbocycles. The first-order valence-electron chi connectivity index (χ1n) is 4.62. The second kappa shape index (κ2) is 5.63.